The molecule has 8 aliphatic rings. The van der Waals surface area contributed by atoms with Gasteiger partial charge in [-0.25, -0.2) is 0 Å². The number of carbonyl (C=O) groups is 4. The van der Waals surface area contributed by atoms with E-state index in [0.717, 1.165) is 81.8 Å². The first kappa shape index (κ1) is 31.4. The van der Waals surface area contributed by atoms with E-state index < -0.39 is 0 Å². The van der Waals surface area contributed by atoms with Gasteiger partial charge >= 0.3 is 0 Å². The SMILES string of the molecule is CC(=O)[C@H]1CC[C@H]2[C@@H]3CCC4=C(C5=CC(=O)CC6CC[C@H]7[C@@H]8CC[C@H](C(C)=O)[C@@]8(C)CC[C@@H]7[C@@]56C)C(=O)CC[C@]4(C)[C@H]3CC[C@]12C. The molecule has 1 unspecified atom stereocenters. The fraction of sp³-hybridized carbons (Fsp3) is 0.810. The molecule has 8 rings (SSSR count). The van der Waals surface area contributed by atoms with Gasteiger partial charge in [-0.2, -0.15) is 0 Å². The Bertz CT molecular complexity index is 1470. The van der Waals surface area contributed by atoms with Crippen molar-refractivity contribution in [2.75, 3.05) is 0 Å². The first-order chi connectivity index (χ1) is 21.7. The summed E-state index contributed by atoms with van der Waals surface area (Å²) in [6.45, 7) is 13.4. The van der Waals surface area contributed by atoms with Gasteiger partial charge in [0.2, 0.25) is 0 Å². The van der Waals surface area contributed by atoms with Crippen molar-refractivity contribution >= 4 is 23.1 Å². The Hall–Kier alpha value is -1.84. The third kappa shape index (κ3) is 3.97. The maximum Gasteiger partial charge on any atom is 0.163 e. The molecule has 4 nitrogen and oxygen atoms in total. The van der Waals surface area contributed by atoms with Gasteiger partial charge in [-0.1, -0.05) is 33.3 Å². The van der Waals surface area contributed by atoms with Crippen LogP contribution < -0.4 is 0 Å². The summed E-state index contributed by atoms with van der Waals surface area (Å²) in [5.41, 5.74) is 3.59. The average molecular weight is 627 g/mol. The summed E-state index contributed by atoms with van der Waals surface area (Å²) >= 11 is 0. The molecule has 0 aromatic heterocycles. The maximum atomic E-state index is 14.4. The molecule has 0 N–H and O–H groups in total. The van der Waals surface area contributed by atoms with E-state index in [-0.39, 0.29) is 39.3 Å². The van der Waals surface area contributed by atoms with Gasteiger partial charge in [0.05, 0.1) is 0 Å². The molecule has 46 heavy (non-hydrogen) atoms. The zero-order valence-electron chi connectivity index (χ0n) is 29.5. The Morgan fingerprint density at radius 3 is 1.85 bits per heavy atom. The van der Waals surface area contributed by atoms with E-state index >= 15 is 0 Å². The summed E-state index contributed by atoms with van der Waals surface area (Å²) in [6, 6.07) is 0. The third-order valence-corrected chi connectivity index (χ3v) is 17.6. The van der Waals surface area contributed by atoms with Crippen LogP contribution in [0.25, 0.3) is 0 Å². The van der Waals surface area contributed by atoms with Gasteiger partial charge in [0.15, 0.2) is 11.6 Å². The summed E-state index contributed by atoms with van der Waals surface area (Å²) in [7, 11) is 0. The van der Waals surface area contributed by atoms with Gasteiger partial charge in [0.1, 0.15) is 11.6 Å². The van der Waals surface area contributed by atoms with E-state index in [4.69, 9.17) is 0 Å². The molecule has 8 aliphatic carbocycles. The second-order valence-corrected chi connectivity index (χ2v) is 18.8. The molecular formula is C42H58O4. The zero-order valence-corrected chi connectivity index (χ0v) is 29.5. The lowest BCUT2D eigenvalue weighted by molar-refractivity contribution is -0.132. The predicted molar refractivity (Wildman–Crippen MR) is 180 cm³/mol. The Balaban J connectivity index is 1.18. The molecule has 6 fully saturated rings. The van der Waals surface area contributed by atoms with Crippen molar-refractivity contribution in [2.24, 2.45) is 74.9 Å². The quantitative estimate of drug-likeness (QED) is 0.313. The van der Waals surface area contributed by atoms with Gasteiger partial charge < -0.3 is 0 Å². The van der Waals surface area contributed by atoms with Crippen LogP contribution in [0.1, 0.15) is 138 Å². The smallest absolute Gasteiger partial charge is 0.163 e. The molecule has 250 valence electrons. The minimum absolute atomic E-state index is 0.00560. The van der Waals surface area contributed by atoms with Gasteiger partial charge in [-0.05, 0) is 172 Å². The molecule has 0 heterocycles. The zero-order chi connectivity index (χ0) is 32.6. The van der Waals surface area contributed by atoms with E-state index in [0.29, 0.717) is 71.6 Å². The van der Waals surface area contributed by atoms with Crippen LogP contribution in [0.3, 0.4) is 0 Å². The van der Waals surface area contributed by atoms with E-state index in [2.05, 4.69) is 27.7 Å². The van der Waals surface area contributed by atoms with Crippen LogP contribution >= 0.6 is 0 Å². The number of allylic oxidation sites excluding steroid dienone is 3. The molecule has 6 saturated carbocycles. The summed E-state index contributed by atoms with van der Waals surface area (Å²) in [6.07, 6.45) is 17.3. The molecule has 13 atom stereocenters. The van der Waals surface area contributed by atoms with Crippen LogP contribution in [-0.2, 0) is 19.2 Å². The molecule has 0 amide bonds. The molecule has 0 aliphatic heterocycles. The molecule has 0 saturated heterocycles. The van der Waals surface area contributed by atoms with Gasteiger partial charge in [0, 0.05) is 30.3 Å². The standard InChI is InChI=1S/C42H58O4/c1-23(43)29-11-13-31-27-9-10-35-38(37(46)17-20-41(35,5)33(27)15-18-39(29,31)3)36-22-26(45)21-25-7-8-28-32-14-12-30(24(2)44)40(32,4)19-16-34(28)42(25,36)6/h22,25,27-34H,7-21H2,1-6H3/t25?,27-,28-,29+,30+,31-,32-,33-,34-,39+,40+,41+,42-/m0/s1. The molecule has 0 spiro atoms. The summed E-state index contributed by atoms with van der Waals surface area (Å²) in [5, 5.41) is 0. The predicted octanol–water partition coefficient (Wildman–Crippen LogP) is 9.06. The third-order valence-electron chi connectivity index (χ3n) is 17.6. The highest BCUT2D eigenvalue weighted by Crippen LogP contribution is 2.71. The maximum absolute atomic E-state index is 14.4. The minimum Gasteiger partial charge on any atom is -0.300 e. The number of Topliss-reactive ketones (excluding diaryl/α,β-unsaturated/α-hetero) is 3. The van der Waals surface area contributed by atoms with Gasteiger partial charge in [0.25, 0.3) is 0 Å². The highest BCUT2D eigenvalue weighted by atomic mass is 16.1. The first-order valence-electron chi connectivity index (χ1n) is 19.3. The number of carbonyl (C=O) groups excluding carboxylic acids is 4. The van der Waals surface area contributed by atoms with Gasteiger partial charge in [-0.15, -0.1) is 0 Å². The van der Waals surface area contributed by atoms with Crippen LogP contribution in [0.15, 0.2) is 22.8 Å². The normalized spacial score (nSPS) is 51.3. The topological polar surface area (TPSA) is 68.3 Å². The minimum atomic E-state index is -0.162. The summed E-state index contributed by atoms with van der Waals surface area (Å²) < 4.78 is 0. The number of rotatable bonds is 3. The Kier molecular flexibility index (Phi) is 7.06. The van der Waals surface area contributed by atoms with Crippen molar-refractivity contribution < 1.29 is 19.2 Å². The lowest BCUT2D eigenvalue weighted by atomic mass is 9.42. The fourth-order valence-electron chi connectivity index (χ4n) is 15.5. The summed E-state index contributed by atoms with van der Waals surface area (Å²) in [4.78, 5) is 53.4. The highest BCUT2D eigenvalue weighted by molar-refractivity contribution is 6.05. The van der Waals surface area contributed by atoms with Crippen LogP contribution in [0.4, 0.5) is 0 Å². The summed E-state index contributed by atoms with van der Waals surface area (Å²) in [5.74, 6) is 5.39. The van der Waals surface area contributed by atoms with Crippen molar-refractivity contribution in [3.63, 3.8) is 0 Å². The van der Waals surface area contributed by atoms with Crippen molar-refractivity contribution in [3.05, 3.63) is 22.8 Å². The van der Waals surface area contributed by atoms with Crippen molar-refractivity contribution in [2.45, 2.75) is 138 Å². The molecule has 0 bridgehead atoms. The average Bonchev–Trinajstić information content (AvgIpc) is 3.55. The monoisotopic (exact) mass is 626 g/mol. The largest absolute Gasteiger partial charge is 0.300 e. The molecule has 0 aromatic carbocycles. The second-order valence-electron chi connectivity index (χ2n) is 18.8. The van der Waals surface area contributed by atoms with Crippen molar-refractivity contribution in [3.8, 4) is 0 Å². The Labute approximate surface area is 277 Å². The Morgan fingerprint density at radius 2 is 1.24 bits per heavy atom. The number of hydrogen-bond donors (Lipinski definition) is 0. The van der Waals surface area contributed by atoms with Crippen LogP contribution in [0.2, 0.25) is 0 Å². The van der Waals surface area contributed by atoms with Crippen LogP contribution in [0, 0.1) is 74.9 Å². The van der Waals surface area contributed by atoms with E-state index in [1.165, 1.54) is 18.4 Å². The van der Waals surface area contributed by atoms with Crippen LogP contribution in [0.5, 0.6) is 0 Å². The number of hydrogen-bond acceptors (Lipinski definition) is 4. The van der Waals surface area contributed by atoms with Crippen LogP contribution in [-0.4, -0.2) is 23.1 Å². The fourth-order valence-corrected chi connectivity index (χ4v) is 15.5. The van der Waals surface area contributed by atoms with Crippen molar-refractivity contribution in [1.82, 2.24) is 0 Å². The lowest BCUT2D eigenvalue weighted by Gasteiger charge is -2.62. The molecule has 4 heteroatoms. The first-order valence-corrected chi connectivity index (χ1v) is 19.3. The Morgan fingerprint density at radius 1 is 0.652 bits per heavy atom. The highest BCUT2D eigenvalue weighted by Gasteiger charge is 2.64. The second kappa shape index (κ2) is 10.3. The molecule has 0 radical (unpaired) electrons. The molecule has 0 aromatic rings. The van der Waals surface area contributed by atoms with E-state index in [1.807, 2.05) is 19.9 Å². The van der Waals surface area contributed by atoms with Crippen molar-refractivity contribution in [1.29, 1.82) is 0 Å². The van der Waals surface area contributed by atoms with Gasteiger partial charge in [-0.3, -0.25) is 19.2 Å². The molecular weight excluding hydrogens is 568 g/mol. The van der Waals surface area contributed by atoms with E-state index in [1.54, 1.807) is 0 Å². The number of fused-ring (bicyclic) bond motifs is 10. The lowest BCUT2D eigenvalue weighted by Crippen LogP contribution is -2.55. The number of ketones is 4. The van der Waals surface area contributed by atoms with E-state index in [9.17, 15) is 19.2 Å².